The van der Waals surface area contributed by atoms with Crippen molar-refractivity contribution in [2.24, 2.45) is 0 Å². The molecule has 2 unspecified atom stereocenters. The molecule has 2 atom stereocenters. The summed E-state index contributed by atoms with van der Waals surface area (Å²) < 4.78 is 0.466. The van der Waals surface area contributed by atoms with Crippen molar-refractivity contribution in [3.8, 4) is 0 Å². The SMILES string of the molecule is CCC[SiH](CCC)[Zr]([Cl])([Cl])([CH]1C=Cc2ccccc21)[CH]1C=Cc2ccccc21. The summed E-state index contributed by atoms with van der Waals surface area (Å²) in [6.45, 7) is 4.60. The van der Waals surface area contributed by atoms with Gasteiger partial charge in [0.1, 0.15) is 0 Å². The van der Waals surface area contributed by atoms with Crippen LogP contribution in [-0.2, 0) is 15.6 Å². The molecule has 2 aliphatic rings. The molecule has 0 N–H and O–H groups in total. The van der Waals surface area contributed by atoms with Crippen molar-refractivity contribution >= 4 is 35.1 Å². The summed E-state index contributed by atoms with van der Waals surface area (Å²) >= 11 is -4.33. The quantitative estimate of drug-likeness (QED) is 0.333. The van der Waals surface area contributed by atoms with Gasteiger partial charge in [0.25, 0.3) is 0 Å². The molecular formula is C24H29Cl2SiZr. The summed E-state index contributed by atoms with van der Waals surface area (Å²) in [6, 6.07) is 20.0. The third-order valence-corrected chi connectivity index (χ3v) is 55.8. The molecule has 0 fully saturated rings. The number of halogens is 2. The standard InChI is InChI=1S/2C9H7.C6H15Si.2ClH.Zr/c2*1-2-5-9-7-3-6-8(9)4-1;1-3-5-7-6-4-2;;;/h2*1-7H;7H,3-6H2,1-2H3;2*1H;/q;;;;;+2/p-2. The number of benzene rings is 2. The Kier molecular flexibility index (Phi) is 5.98. The fraction of sp³-hybridized carbons (Fsp3) is 0.333. The molecule has 2 aromatic rings. The molecule has 0 aromatic heterocycles. The zero-order valence-corrected chi connectivity index (χ0v) is 21.9. The van der Waals surface area contributed by atoms with Crippen LogP contribution in [0.2, 0.25) is 12.1 Å². The van der Waals surface area contributed by atoms with E-state index in [9.17, 15) is 0 Å². The van der Waals surface area contributed by atoms with Crippen LogP contribution >= 0.6 is 17.0 Å². The van der Waals surface area contributed by atoms with E-state index < -0.39 is 21.5 Å². The van der Waals surface area contributed by atoms with Gasteiger partial charge >= 0.3 is 180 Å². The number of allylic oxidation sites excluding steroid dienone is 2. The van der Waals surface area contributed by atoms with Crippen molar-refractivity contribution < 1.29 is 15.6 Å². The molecule has 2 aromatic carbocycles. The molecule has 4 heteroatoms. The van der Waals surface area contributed by atoms with Crippen LogP contribution in [0.1, 0.15) is 56.2 Å². The second-order valence-corrected chi connectivity index (χ2v) is 48.9. The second-order valence-electron chi connectivity index (χ2n) is 8.43. The van der Waals surface area contributed by atoms with Crippen molar-refractivity contribution in [1.82, 2.24) is 0 Å². The topological polar surface area (TPSA) is 0 Å². The van der Waals surface area contributed by atoms with E-state index in [1.807, 2.05) is 0 Å². The van der Waals surface area contributed by atoms with Gasteiger partial charge in [0.05, 0.1) is 0 Å². The Morgan fingerprint density at radius 1 is 0.750 bits per heavy atom. The number of rotatable bonds is 7. The Balaban J connectivity index is 1.93. The molecule has 0 bridgehead atoms. The Morgan fingerprint density at radius 2 is 1.18 bits per heavy atom. The maximum atomic E-state index is 8.12. The Labute approximate surface area is 178 Å². The van der Waals surface area contributed by atoms with Gasteiger partial charge in [-0.15, -0.1) is 0 Å². The van der Waals surface area contributed by atoms with Crippen LogP contribution in [0.3, 0.4) is 0 Å². The van der Waals surface area contributed by atoms with Gasteiger partial charge in [-0.05, 0) is 0 Å². The molecule has 2 aliphatic carbocycles. The molecule has 0 radical (unpaired) electrons. The Bertz CT molecular complexity index is 862. The van der Waals surface area contributed by atoms with Crippen LogP contribution in [-0.4, -0.2) is 5.92 Å². The summed E-state index contributed by atoms with van der Waals surface area (Å²) in [5, 5.41) is 0. The van der Waals surface area contributed by atoms with Gasteiger partial charge in [0.15, 0.2) is 0 Å². The third-order valence-electron chi connectivity index (χ3n) is 6.84. The molecule has 0 aliphatic heterocycles. The van der Waals surface area contributed by atoms with Crippen molar-refractivity contribution in [2.75, 3.05) is 0 Å². The Morgan fingerprint density at radius 3 is 1.61 bits per heavy atom. The van der Waals surface area contributed by atoms with Crippen LogP contribution in [0.4, 0.5) is 0 Å². The van der Waals surface area contributed by atoms with Crippen molar-refractivity contribution in [3.05, 3.63) is 82.9 Å². The normalized spacial score (nSPS) is 21.5. The monoisotopic (exact) mass is 505 g/mol. The maximum absolute atomic E-state index is 8.12. The van der Waals surface area contributed by atoms with E-state index in [-0.39, 0.29) is 7.25 Å². The van der Waals surface area contributed by atoms with Gasteiger partial charge in [-0.25, -0.2) is 0 Å². The van der Waals surface area contributed by atoms with Gasteiger partial charge in [0, 0.05) is 0 Å². The van der Waals surface area contributed by atoms with Crippen LogP contribution < -0.4 is 0 Å². The van der Waals surface area contributed by atoms with E-state index in [0.717, 1.165) is 0 Å². The van der Waals surface area contributed by atoms with Gasteiger partial charge in [-0.2, -0.15) is 0 Å². The summed E-state index contributed by atoms with van der Waals surface area (Å²) in [5.41, 5.74) is 5.37. The Hall–Kier alpha value is -0.400. The van der Waals surface area contributed by atoms with Gasteiger partial charge < -0.3 is 0 Å². The van der Waals surface area contributed by atoms with Gasteiger partial charge in [-0.1, -0.05) is 0 Å². The molecule has 0 nitrogen and oxygen atoms in total. The zero-order chi connectivity index (χ0) is 19.8. The van der Waals surface area contributed by atoms with Gasteiger partial charge in [0.2, 0.25) is 0 Å². The minimum absolute atomic E-state index is 0.233. The van der Waals surface area contributed by atoms with E-state index in [0.29, 0.717) is 0 Å². The van der Waals surface area contributed by atoms with Crippen molar-refractivity contribution in [1.29, 1.82) is 0 Å². The van der Waals surface area contributed by atoms with Crippen LogP contribution in [0.15, 0.2) is 60.7 Å². The molecular weight excluding hydrogens is 478 g/mol. The molecule has 0 saturated heterocycles. The average molecular weight is 508 g/mol. The first kappa shape index (κ1) is 20.9. The molecule has 0 amide bonds. The van der Waals surface area contributed by atoms with E-state index in [2.05, 4.69) is 86.7 Å². The molecule has 28 heavy (non-hydrogen) atoms. The summed E-state index contributed by atoms with van der Waals surface area (Å²) in [6.07, 6.45) is 11.7. The minimum atomic E-state index is -4.33. The van der Waals surface area contributed by atoms with Crippen LogP contribution in [0, 0.1) is 0 Å². The predicted octanol–water partition coefficient (Wildman–Crippen LogP) is 8.06. The molecule has 0 spiro atoms. The zero-order valence-electron chi connectivity index (χ0n) is 16.7. The van der Waals surface area contributed by atoms with E-state index in [1.165, 1.54) is 47.2 Å². The van der Waals surface area contributed by atoms with Crippen LogP contribution in [0.5, 0.6) is 0 Å². The fourth-order valence-electron chi connectivity index (χ4n) is 5.55. The third kappa shape index (κ3) is 3.20. The first-order chi connectivity index (χ1) is 13.5. The molecule has 4 rings (SSSR count). The van der Waals surface area contributed by atoms with Crippen molar-refractivity contribution in [3.63, 3.8) is 0 Å². The van der Waals surface area contributed by atoms with Gasteiger partial charge in [-0.3, -0.25) is 0 Å². The van der Waals surface area contributed by atoms with E-state index in [4.69, 9.17) is 17.0 Å². The van der Waals surface area contributed by atoms with E-state index >= 15 is 0 Å². The summed E-state index contributed by atoms with van der Waals surface area (Å²) in [7, 11) is 16.2. The average Bonchev–Trinajstić information content (AvgIpc) is 3.33. The second kappa shape index (κ2) is 8.03. The molecule has 0 saturated carbocycles. The van der Waals surface area contributed by atoms with Crippen molar-refractivity contribution in [2.45, 2.75) is 46.0 Å². The number of fused-ring (bicyclic) bond motifs is 2. The fourth-order valence-corrected chi connectivity index (χ4v) is 52.4. The molecule has 0 heterocycles. The molecule has 147 valence electrons. The number of hydrogen-bond acceptors (Lipinski definition) is 0. The van der Waals surface area contributed by atoms with Crippen LogP contribution in [0.25, 0.3) is 12.2 Å². The number of hydrogen-bond donors (Lipinski definition) is 0. The summed E-state index contributed by atoms with van der Waals surface area (Å²) in [5.74, 6) is -1.36. The summed E-state index contributed by atoms with van der Waals surface area (Å²) in [4.78, 5) is 0. The van der Waals surface area contributed by atoms with E-state index in [1.54, 1.807) is 0 Å². The first-order valence-electron chi connectivity index (χ1n) is 10.6. The predicted molar refractivity (Wildman–Crippen MR) is 125 cm³/mol. The first-order valence-corrected chi connectivity index (χ1v) is 26.3.